The first-order valence-electron chi connectivity index (χ1n) is 12.1. The van der Waals surface area contributed by atoms with Crippen molar-refractivity contribution in [3.63, 3.8) is 0 Å². The van der Waals surface area contributed by atoms with E-state index in [0.717, 1.165) is 19.3 Å². The van der Waals surface area contributed by atoms with Crippen LogP contribution in [0.25, 0.3) is 11.1 Å². The number of carbonyl (C=O) groups is 3. The zero-order valence-electron chi connectivity index (χ0n) is 19.0. The minimum atomic E-state index is -0.782. The Labute approximate surface area is 198 Å². The van der Waals surface area contributed by atoms with Crippen LogP contribution in [0.1, 0.15) is 49.1 Å². The number of hydrogen-bond donors (Lipinski definition) is 3. The normalized spacial score (nSPS) is 25.1. The van der Waals surface area contributed by atoms with Crippen molar-refractivity contribution in [2.45, 2.75) is 44.1 Å². The summed E-state index contributed by atoms with van der Waals surface area (Å²) in [5, 5.41) is 15.0. The maximum atomic E-state index is 12.5. The molecule has 3 aliphatic rings. The first-order valence-corrected chi connectivity index (χ1v) is 12.1. The molecule has 2 saturated carbocycles. The quantitative estimate of drug-likeness (QED) is 0.579. The Bertz CT molecular complexity index is 1050. The molecule has 7 heteroatoms. The highest BCUT2D eigenvalue weighted by Crippen LogP contribution is 2.44. The van der Waals surface area contributed by atoms with Gasteiger partial charge in [0.1, 0.15) is 6.61 Å². The third-order valence-corrected chi connectivity index (χ3v) is 7.48. The Morgan fingerprint density at radius 1 is 0.941 bits per heavy atom. The number of rotatable bonds is 7. The van der Waals surface area contributed by atoms with Crippen LogP contribution in [0, 0.1) is 17.8 Å². The Morgan fingerprint density at radius 3 is 2.29 bits per heavy atom. The second-order valence-electron chi connectivity index (χ2n) is 9.72. The average molecular weight is 463 g/mol. The molecule has 3 N–H and O–H groups in total. The number of carboxylic acids is 1. The van der Waals surface area contributed by atoms with Gasteiger partial charge in [0.05, 0.1) is 5.92 Å². The van der Waals surface area contributed by atoms with Crippen LogP contribution >= 0.6 is 0 Å². The van der Waals surface area contributed by atoms with Crippen LogP contribution in [0.15, 0.2) is 48.5 Å². The maximum absolute atomic E-state index is 12.5. The molecule has 0 aliphatic heterocycles. The molecule has 3 aliphatic carbocycles. The van der Waals surface area contributed by atoms with Crippen LogP contribution in [-0.4, -0.2) is 42.3 Å². The number of amides is 2. The lowest BCUT2D eigenvalue weighted by atomic mass is 9.85. The number of benzene rings is 2. The summed E-state index contributed by atoms with van der Waals surface area (Å²) in [5.41, 5.74) is 4.71. The first kappa shape index (κ1) is 22.4. The molecule has 2 aromatic rings. The standard InChI is InChI=1S/C27H30N2O5/c30-25(29-18-7-5-6-16(12-18)26(31)32)23-13-17(23)14-28-27(33)34-15-24-21-10-3-1-8-19(21)20-9-2-4-11-22(20)24/h1-4,8-11,16-18,23-24H,5-7,12-15H2,(H,28,33)(H,29,30)(H,31,32)/t16?,17-,18?,23-/m0/s1. The van der Waals surface area contributed by atoms with Crippen LogP contribution in [0.4, 0.5) is 4.79 Å². The summed E-state index contributed by atoms with van der Waals surface area (Å²) in [6.45, 7) is 0.665. The molecule has 7 nitrogen and oxygen atoms in total. The van der Waals surface area contributed by atoms with Gasteiger partial charge in [-0.2, -0.15) is 0 Å². The largest absolute Gasteiger partial charge is 0.481 e. The number of ether oxygens (including phenoxy) is 1. The van der Waals surface area contributed by atoms with Crippen molar-refractivity contribution in [1.82, 2.24) is 10.6 Å². The monoisotopic (exact) mass is 462 g/mol. The SMILES string of the molecule is O=C(NC[C@@H]1C[C@@H]1C(=O)NC1CCCC(C(=O)O)C1)OCC1c2ccccc2-c2ccccc21. The number of aliphatic carboxylic acids is 1. The predicted molar refractivity (Wildman–Crippen MR) is 126 cm³/mol. The van der Waals surface area contributed by atoms with E-state index in [9.17, 15) is 19.5 Å². The minimum absolute atomic E-state index is 0.0164. The summed E-state index contributed by atoms with van der Waals surface area (Å²) in [6.07, 6.45) is 3.08. The second kappa shape index (κ2) is 9.49. The number of nitrogens with one attached hydrogen (secondary N) is 2. The smallest absolute Gasteiger partial charge is 0.407 e. The second-order valence-corrected chi connectivity index (χ2v) is 9.72. The van der Waals surface area contributed by atoms with E-state index >= 15 is 0 Å². The molecule has 0 bridgehead atoms. The van der Waals surface area contributed by atoms with Crippen LogP contribution < -0.4 is 10.6 Å². The van der Waals surface area contributed by atoms with E-state index in [4.69, 9.17) is 4.74 Å². The van der Waals surface area contributed by atoms with Crippen LogP contribution in [0.3, 0.4) is 0 Å². The van der Waals surface area contributed by atoms with Gasteiger partial charge in [0.2, 0.25) is 5.91 Å². The molecule has 0 spiro atoms. The summed E-state index contributed by atoms with van der Waals surface area (Å²) in [4.78, 5) is 36.1. The molecule has 5 rings (SSSR count). The number of fused-ring (bicyclic) bond motifs is 3. The van der Waals surface area contributed by atoms with Crippen LogP contribution in [0.5, 0.6) is 0 Å². The van der Waals surface area contributed by atoms with Crippen LogP contribution in [0.2, 0.25) is 0 Å². The van der Waals surface area contributed by atoms with Gasteiger partial charge in [-0.15, -0.1) is 0 Å². The van der Waals surface area contributed by atoms with Gasteiger partial charge in [0.25, 0.3) is 0 Å². The van der Waals surface area contributed by atoms with Crippen molar-refractivity contribution >= 4 is 18.0 Å². The van der Waals surface area contributed by atoms with Crippen LogP contribution in [-0.2, 0) is 14.3 Å². The summed E-state index contributed by atoms with van der Waals surface area (Å²) >= 11 is 0. The van der Waals surface area contributed by atoms with Crippen molar-refractivity contribution in [2.75, 3.05) is 13.2 Å². The molecule has 0 radical (unpaired) electrons. The lowest BCUT2D eigenvalue weighted by Crippen LogP contribution is -2.41. The zero-order chi connectivity index (χ0) is 23.7. The van der Waals surface area contributed by atoms with E-state index in [-0.39, 0.29) is 42.2 Å². The Kier molecular flexibility index (Phi) is 6.26. The fourth-order valence-corrected chi connectivity index (χ4v) is 5.51. The molecule has 178 valence electrons. The fraction of sp³-hybridized carbons (Fsp3) is 0.444. The van der Waals surface area contributed by atoms with E-state index in [1.807, 2.05) is 24.3 Å². The molecule has 0 saturated heterocycles. The molecule has 0 aromatic heterocycles. The molecule has 34 heavy (non-hydrogen) atoms. The van der Waals surface area contributed by atoms with Crippen molar-refractivity contribution in [3.05, 3.63) is 59.7 Å². The van der Waals surface area contributed by atoms with Gasteiger partial charge in [0, 0.05) is 24.4 Å². The number of alkyl carbamates (subject to hydrolysis) is 1. The topological polar surface area (TPSA) is 105 Å². The third-order valence-electron chi connectivity index (χ3n) is 7.48. The molecule has 2 fully saturated rings. The number of carbonyl (C=O) groups excluding carboxylic acids is 2. The van der Waals surface area contributed by atoms with E-state index in [2.05, 4.69) is 34.9 Å². The lowest BCUT2D eigenvalue weighted by Gasteiger charge is -2.27. The Morgan fingerprint density at radius 2 is 1.62 bits per heavy atom. The zero-order valence-corrected chi connectivity index (χ0v) is 19.0. The third kappa shape index (κ3) is 4.65. The van der Waals surface area contributed by atoms with Gasteiger partial charge in [-0.1, -0.05) is 55.0 Å². The van der Waals surface area contributed by atoms with Gasteiger partial charge in [-0.3, -0.25) is 9.59 Å². The van der Waals surface area contributed by atoms with Crippen molar-refractivity contribution < 1.29 is 24.2 Å². The molecular weight excluding hydrogens is 432 g/mol. The van der Waals surface area contributed by atoms with Gasteiger partial charge in [-0.05, 0) is 53.9 Å². The number of carboxylic acid groups (broad SMARTS) is 1. The molecule has 2 unspecified atom stereocenters. The van der Waals surface area contributed by atoms with E-state index in [0.29, 0.717) is 19.4 Å². The van der Waals surface area contributed by atoms with Gasteiger partial charge in [0.15, 0.2) is 0 Å². The highest BCUT2D eigenvalue weighted by molar-refractivity contribution is 5.82. The maximum Gasteiger partial charge on any atom is 0.407 e. The summed E-state index contributed by atoms with van der Waals surface area (Å²) in [7, 11) is 0. The summed E-state index contributed by atoms with van der Waals surface area (Å²) < 4.78 is 5.56. The van der Waals surface area contributed by atoms with Crippen molar-refractivity contribution in [3.8, 4) is 11.1 Å². The molecule has 2 aromatic carbocycles. The predicted octanol–water partition coefficient (Wildman–Crippen LogP) is 3.92. The number of hydrogen-bond acceptors (Lipinski definition) is 4. The molecule has 0 heterocycles. The molecular formula is C27H30N2O5. The molecule has 2 amide bonds. The molecule has 4 atom stereocenters. The lowest BCUT2D eigenvalue weighted by molar-refractivity contribution is -0.143. The summed E-state index contributed by atoms with van der Waals surface area (Å²) in [5.74, 6) is -1.20. The van der Waals surface area contributed by atoms with Crippen molar-refractivity contribution in [2.24, 2.45) is 17.8 Å². The van der Waals surface area contributed by atoms with Gasteiger partial charge in [-0.25, -0.2) is 4.79 Å². The summed E-state index contributed by atoms with van der Waals surface area (Å²) in [6, 6.07) is 16.3. The first-order chi connectivity index (χ1) is 16.5. The fourth-order valence-electron chi connectivity index (χ4n) is 5.51. The van der Waals surface area contributed by atoms with Crippen molar-refractivity contribution in [1.29, 1.82) is 0 Å². The Hall–Kier alpha value is -3.35. The van der Waals surface area contributed by atoms with E-state index in [1.54, 1.807) is 0 Å². The van der Waals surface area contributed by atoms with E-state index in [1.165, 1.54) is 22.3 Å². The highest BCUT2D eigenvalue weighted by Gasteiger charge is 2.44. The highest BCUT2D eigenvalue weighted by atomic mass is 16.5. The Balaban J connectivity index is 1.07. The van der Waals surface area contributed by atoms with Gasteiger partial charge < -0.3 is 20.5 Å². The average Bonchev–Trinajstić information content (AvgIpc) is 3.57. The van der Waals surface area contributed by atoms with Gasteiger partial charge >= 0.3 is 12.1 Å². The minimum Gasteiger partial charge on any atom is -0.481 e. The van der Waals surface area contributed by atoms with E-state index < -0.39 is 12.1 Å².